The number of hydrogen-bond donors (Lipinski definition) is 2. The zero-order valence-electron chi connectivity index (χ0n) is 21.4. The van der Waals surface area contributed by atoms with Crippen LogP contribution in [0.2, 0.25) is 0 Å². The molecule has 3 aromatic heterocycles. The first-order chi connectivity index (χ1) is 18.9. The molecule has 0 unspecified atom stereocenters. The zero-order chi connectivity index (χ0) is 26.7. The van der Waals surface area contributed by atoms with Crippen LogP contribution in [0.5, 0.6) is 0 Å². The summed E-state index contributed by atoms with van der Waals surface area (Å²) in [4.78, 5) is 30.1. The first kappa shape index (κ1) is 23.6. The Morgan fingerprint density at radius 1 is 1.03 bits per heavy atom. The first-order valence-corrected chi connectivity index (χ1v) is 13.3. The van der Waals surface area contributed by atoms with Crippen LogP contribution >= 0.6 is 0 Å². The van der Waals surface area contributed by atoms with Gasteiger partial charge in [-0.15, -0.1) is 5.10 Å². The van der Waals surface area contributed by atoms with E-state index in [0.717, 1.165) is 65.3 Å². The highest BCUT2D eigenvalue weighted by Gasteiger charge is 2.30. The lowest BCUT2D eigenvalue weighted by Gasteiger charge is -2.26. The van der Waals surface area contributed by atoms with Crippen molar-refractivity contribution in [3.63, 3.8) is 0 Å². The van der Waals surface area contributed by atoms with Gasteiger partial charge >= 0.3 is 0 Å². The van der Waals surface area contributed by atoms with E-state index in [0.29, 0.717) is 17.2 Å². The smallest absolute Gasteiger partial charge is 0.253 e. The van der Waals surface area contributed by atoms with E-state index >= 15 is 0 Å². The molecule has 8 nitrogen and oxygen atoms in total. The van der Waals surface area contributed by atoms with Gasteiger partial charge in [0.1, 0.15) is 5.82 Å². The van der Waals surface area contributed by atoms with Crippen molar-refractivity contribution in [2.24, 2.45) is 13.0 Å². The van der Waals surface area contributed by atoms with Crippen LogP contribution in [0, 0.1) is 11.7 Å². The molecule has 9 heteroatoms. The Morgan fingerprint density at radius 2 is 1.87 bits per heavy atom. The summed E-state index contributed by atoms with van der Waals surface area (Å²) in [5.41, 5.74) is 5.94. The Labute approximate surface area is 223 Å². The molecular formula is C30H27FN6O2. The summed E-state index contributed by atoms with van der Waals surface area (Å²) >= 11 is 0. The fraction of sp³-hybridized carbons (Fsp3) is 0.267. The summed E-state index contributed by atoms with van der Waals surface area (Å²) in [5, 5.41) is 11.1. The Bertz CT molecular complexity index is 1780. The lowest BCUT2D eigenvalue weighted by molar-refractivity contribution is -0.117. The number of aryl methyl sites for hydroxylation is 2. The average molecular weight is 523 g/mol. The standard InChI is InChI=1S/C30H27FN6O2/c1-36-16-24(29(39)32-25-4-2-3-17-7-9-21(31)15-22(17)25)23-13-19(8-10-26(23)36)20-11-12-37-27(14-20)33-30(35-37)34-28(38)18-5-6-18/h7-16,18,25H,2-6H2,1H3,(H,32,39)(H,34,35,38)/t25-/m0/s1. The Morgan fingerprint density at radius 3 is 2.72 bits per heavy atom. The maximum absolute atomic E-state index is 14.0. The normalized spacial score (nSPS) is 16.8. The van der Waals surface area contributed by atoms with E-state index in [9.17, 15) is 14.0 Å². The lowest BCUT2D eigenvalue weighted by Crippen LogP contribution is -2.31. The number of amides is 2. The number of nitrogens with zero attached hydrogens (tertiary/aromatic N) is 4. The fourth-order valence-corrected chi connectivity index (χ4v) is 5.58. The van der Waals surface area contributed by atoms with Gasteiger partial charge in [0.05, 0.1) is 11.6 Å². The Kier molecular flexibility index (Phi) is 5.47. The van der Waals surface area contributed by atoms with Crippen LogP contribution < -0.4 is 10.6 Å². The van der Waals surface area contributed by atoms with Crippen molar-refractivity contribution < 1.29 is 14.0 Å². The maximum Gasteiger partial charge on any atom is 0.253 e. The molecule has 2 aromatic carbocycles. The van der Waals surface area contributed by atoms with Crippen molar-refractivity contribution in [2.75, 3.05) is 5.32 Å². The number of anilines is 1. The van der Waals surface area contributed by atoms with E-state index in [4.69, 9.17) is 0 Å². The highest BCUT2D eigenvalue weighted by atomic mass is 19.1. The molecule has 0 bridgehead atoms. The topological polar surface area (TPSA) is 93.3 Å². The predicted octanol–water partition coefficient (Wildman–Crippen LogP) is 5.18. The molecule has 2 N–H and O–H groups in total. The van der Waals surface area contributed by atoms with Crippen LogP contribution in [0.4, 0.5) is 10.3 Å². The molecule has 3 heterocycles. The summed E-state index contributed by atoms with van der Waals surface area (Å²) in [6.45, 7) is 0. The molecule has 2 aliphatic carbocycles. The molecule has 1 saturated carbocycles. The molecule has 39 heavy (non-hydrogen) atoms. The molecule has 0 aliphatic heterocycles. The van der Waals surface area contributed by atoms with Gasteiger partial charge in [0.15, 0.2) is 5.65 Å². The van der Waals surface area contributed by atoms with Gasteiger partial charge in [0, 0.05) is 36.3 Å². The van der Waals surface area contributed by atoms with Crippen LogP contribution in [-0.2, 0) is 18.3 Å². The molecule has 1 fully saturated rings. The molecule has 5 aromatic rings. The minimum atomic E-state index is -0.285. The number of rotatable bonds is 5. The van der Waals surface area contributed by atoms with Gasteiger partial charge in [-0.3, -0.25) is 14.9 Å². The summed E-state index contributed by atoms with van der Waals surface area (Å²) in [6.07, 6.45) is 8.10. The van der Waals surface area contributed by atoms with Gasteiger partial charge in [-0.25, -0.2) is 8.91 Å². The lowest BCUT2D eigenvalue weighted by atomic mass is 9.87. The SMILES string of the molecule is Cn1cc(C(=O)N[C@H]2CCCc3ccc(F)cc32)c2cc(-c3ccn4nc(NC(=O)C5CC5)nc4c3)ccc21. The number of nitrogens with one attached hydrogen (secondary N) is 2. The summed E-state index contributed by atoms with van der Waals surface area (Å²) in [5.74, 6) is -0.125. The molecular weight excluding hydrogens is 495 g/mol. The minimum Gasteiger partial charge on any atom is -0.350 e. The fourth-order valence-electron chi connectivity index (χ4n) is 5.58. The summed E-state index contributed by atoms with van der Waals surface area (Å²) < 4.78 is 17.6. The third kappa shape index (κ3) is 4.33. The van der Waals surface area contributed by atoms with Crippen LogP contribution in [0.1, 0.15) is 53.2 Å². The van der Waals surface area contributed by atoms with Gasteiger partial charge in [0.25, 0.3) is 5.91 Å². The average Bonchev–Trinajstić information content (AvgIpc) is 3.63. The number of aromatic nitrogens is 4. The van der Waals surface area contributed by atoms with E-state index in [2.05, 4.69) is 20.7 Å². The van der Waals surface area contributed by atoms with Crippen LogP contribution in [0.15, 0.2) is 60.9 Å². The molecule has 1 atom stereocenters. The van der Waals surface area contributed by atoms with Gasteiger partial charge in [-0.05, 0) is 90.8 Å². The molecule has 0 saturated heterocycles. The second kappa shape index (κ2) is 9.04. The van der Waals surface area contributed by atoms with E-state index in [1.54, 1.807) is 10.6 Å². The minimum absolute atomic E-state index is 0.0340. The van der Waals surface area contributed by atoms with Crippen molar-refractivity contribution in [1.29, 1.82) is 0 Å². The van der Waals surface area contributed by atoms with E-state index in [1.807, 2.05) is 60.4 Å². The highest BCUT2D eigenvalue weighted by Crippen LogP contribution is 2.33. The number of halogens is 1. The van der Waals surface area contributed by atoms with Gasteiger partial charge < -0.3 is 9.88 Å². The molecule has 196 valence electrons. The number of hydrogen-bond acceptors (Lipinski definition) is 4. The Balaban J connectivity index is 1.19. The van der Waals surface area contributed by atoms with Crippen molar-refractivity contribution in [2.45, 2.75) is 38.1 Å². The number of carbonyl (C=O) groups excluding carboxylic acids is 2. The van der Waals surface area contributed by atoms with Crippen molar-refractivity contribution in [3.05, 3.63) is 83.4 Å². The first-order valence-electron chi connectivity index (χ1n) is 13.3. The van der Waals surface area contributed by atoms with E-state index in [-0.39, 0.29) is 29.6 Å². The summed E-state index contributed by atoms with van der Waals surface area (Å²) in [6, 6.07) is 14.5. The third-order valence-electron chi connectivity index (χ3n) is 7.82. The highest BCUT2D eigenvalue weighted by molar-refractivity contribution is 6.08. The van der Waals surface area contributed by atoms with Gasteiger partial charge in [-0.2, -0.15) is 4.98 Å². The van der Waals surface area contributed by atoms with Crippen molar-refractivity contribution >= 4 is 34.3 Å². The molecule has 2 amide bonds. The van der Waals surface area contributed by atoms with Crippen LogP contribution in [0.25, 0.3) is 27.7 Å². The third-order valence-corrected chi connectivity index (χ3v) is 7.82. The van der Waals surface area contributed by atoms with Crippen molar-refractivity contribution in [1.82, 2.24) is 24.5 Å². The Hall–Kier alpha value is -4.53. The number of fused-ring (bicyclic) bond motifs is 3. The zero-order valence-corrected chi connectivity index (χ0v) is 21.4. The van der Waals surface area contributed by atoms with Crippen LogP contribution in [0.3, 0.4) is 0 Å². The van der Waals surface area contributed by atoms with E-state index < -0.39 is 0 Å². The van der Waals surface area contributed by atoms with Crippen LogP contribution in [-0.4, -0.2) is 31.0 Å². The maximum atomic E-state index is 14.0. The number of carbonyl (C=O) groups is 2. The predicted molar refractivity (Wildman–Crippen MR) is 146 cm³/mol. The summed E-state index contributed by atoms with van der Waals surface area (Å²) in [7, 11) is 1.92. The van der Waals surface area contributed by atoms with Crippen molar-refractivity contribution in [3.8, 4) is 11.1 Å². The monoisotopic (exact) mass is 522 g/mol. The second-order valence-corrected chi connectivity index (χ2v) is 10.6. The quantitative estimate of drug-likeness (QED) is 0.333. The van der Waals surface area contributed by atoms with Gasteiger partial charge in [-0.1, -0.05) is 12.1 Å². The molecule has 2 aliphatic rings. The van der Waals surface area contributed by atoms with E-state index in [1.165, 1.54) is 6.07 Å². The second-order valence-electron chi connectivity index (χ2n) is 10.6. The molecule has 7 rings (SSSR count). The molecule has 0 spiro atoms. The molecule has 0 radical (unpaired) electrons. The largest absolute Gasteiger partial charge is 0.350 e. The number of pyridine rings is 1. The number of benzene rings is 2. The van der Waals surface area contributed by atoms with Gasteiger partial charge in [0.2, 0.25) is 11.9 Å².